The summed E-state index contributed by atoms with van der Waals surface area (Å²) in [7, 11) is -2.37. The van der Waals surface area contributed by atoms with E-state index in [2.05, 4.69) is 5.32 Å². The van der Waals surface area contributed by atoms with E-state index in [9.17, 15) is 18.0 Å². The van der Waals surface area contributed by atoms with Gasteiger partial charge >= 0.3 is 0 Å². The van der Waals surface area contributed by atoms with E-state index in [1.54, 1.807) is 24.3 Å². The Morgan fingerprint density at radius 1 is 0.968 bits per heavy atom. The molecule has 0 radical (unpaired) electrons. The smallest absolute Gasteiger partial charge is 0.257 e. The van der Waals surface area contributed by atoms with Crippen LogP contribution in [0.2, 0.25) is 5.02 Å². The molecule has 3 rings (SSSR count). The summed E-state index contributed by atoms with van der Waals surface area (Å²) < 4.78 is 27.2. The monoisotopic (exact) mass is 456 g/mol. The lowest BCUT2D eigenvalue weighted by atomic mass is 10.1. The van der Waals surface area contributed by atoms with Crippen LogP contribution in [-0.2, 0) is 16.6 Å². The minimum Gasteiger partial charge on any atom is -0.322 e. The third-order valence-corrected chi connectivity index (χ3v) is 6.79. The lowest BCUT2D eigenvalue weighted by molar-refractivity contribution is 0.101. The Morgan fingerprint density at radius 2 is 1.68 bits per heavy atom. The number of nitrogens with zero attached hydrogens (tertiary/aromatic N) is 1. The van der Waals surface area contributed by atoms with Crippen LogP contribution in [0, 0.1) is 0 Å². The first-order chi connectivity index (χ1) is 14.7. The van der Waals surface area contributed by atoms with Crippen LogP contribution in [0.4, 0.5) is 5.69 Å². The first-order valence-electron chi connectivity index (χ1n) is 9.40. The van der Waals surface area contributed by atoms with Crippen LogP contribution in [0.25, 0.3) is 0 Å². The van der Waals surface area contributed by atoms with Crippen molar-refractivity contribution in [3.8, 4) is 0 Å². The summed E-state index contributed by atoms with van der Waals surface area (Å²) in [6.07, 6.45) is 0. The van der Waals surface area contributed by atoms with Crippen LogP contribution >= 0.6 is 11.6 Å². The Balaban J connectivity index is 1.86. The second-order valence-electron chi connectivity index (χ2n) is 6.98. The van der Waals surface area contributed by atoms with E-state index in [4.69, 9.17) is 11.6 Å². The molecule has 0 aliphatic rings. The molecule has 3 aromatic carbocycles. The number of benzene rings is 3. The van der Waals surface area contributed by atoms with Gasteiger partial charge in [0.05, 0.1) is 15.5 Å². The number of carbonyl (C=O) groups is 2. The summed E-state index contributed by atoms with van der Waals surface area (Å²) >= 11 is 6.18. The first kappa shape index (κ1) is 22.7. The van der Waals surface area contributed by atoms with Gasteiger partial charge in [0.15, 0.2) is 5.78 Å². The topological polar surface area (TPSA) is 83.5 Å². The summed E-state index contributed by atoms with van der Waals surface area (Å²) in [6.45, 7) is 1.61. The van der Waals surface area contributed by atoms with Crippen LogP contribution in [0.1, 0.15) is 33.2 Å². The Bertz CT molecular complexity index is 1230. The second-order valence-corrected chi connectivity index (χ2v) is 9.43. The lowest BCUT2D eigenvalue weighted by Crippen LogP contribution is -2.27. The highest BCUT2D eigenvalue weighted by Crippen LogP contribution is 2.24. The zero-order chi connectivity index (χ0) is 22.6. The van der Waals surface area contributed by atoms with E-state index in [1.807, 2.05) is 30.3 Å². The number of amides is 1. The number of ketones is 1. The average Bonchev–Trinajstić information content (AvgIpc) is 2.74. The molecule has 0 aliphatic carbocycles. The van der Waals surface area contributed by atoms with Gasteiger partial charge in [0.1, 0.15) is 0 Å². The molecule has 6 nitrogen and oxygen atoms in total. The fourth-order valence-corrected chi connectivity index (χ4v) is 4.35. The van der Waals surface area contributed by atoms with E-state index in [1.165, 1.54) is 36.5 Å². The molecule has 0 bridgehead atoms. The Morgan fingerprint density at radius 3 is 2.35 bits per heavy atom. The van der Waals surface area contributed by atoms with E-state index in [-0.39, 0.29) is 27.8 Å². The maximum Gasteiger partial charge on any atom is 0.257 e. The van der Waals surface area contributed by atoms with Crippen molar-refractivity contribution in [1.82, 2.24) is 4.31 Å². The van der Waals surface area contributed by atoms with E-state index in [0.29, 0.717) is 11.3 Å². The highest BCUT2D eigenvalue weighted by atomic mass is 35.5. The number of anilines is 1. The average molecular weight is 457 g/mol. The molecule has 160 valence electrons. The van der Waals surface area contributed by atoms with Gasteiger partial charge in [-0.25, -0.2) is 8.42 Å². The maximum absolute atomic E-state index is 13.0. The van der Waals surface area contributed by atoms with Gasteiger partial charge in [-0.3, -0.25) is 9.59 Å². The van der Waals surface area contributed by atoms with E-state index >= 15 is 0 Å². The summed E-state index contributed by atoms with van der Waals surface area (Å²) in [5, 5.41) is 2.77. The highest BCUT2D eigenvalue weighted by molar-refractivity contribution is 7.89. The highest BCUT2D eigenvalue weighted by Gasteiger charge is 2.23. The molecule has 0 heterocycles. The van der Waals surface area contributed by atoms with Crippen LogP contribution in [0.15, 0.2) is 77.7 Å². The van der Waals surface area contributed by atoms with Crippen LogP contribution in [0.5, 0.6) is 0 Å². The summed E-state index contributed by atoms with van der Waals surface area (Å²) in [6, 6.07) is 19.7. The molecule has 1 amide bonds. The molecular weight excluding hydrogens is 436 g/mol. The quantitative estimate of drug-likeness (QED) is 0.526. The molecule has 0 atom stereocenters. The molecule has 0 aromatic heterocycles. The van der Waals surface area contributed by atoms with Crippen molar-refractivity contribution >= 4 is 39.0 Å². The molecule has 31 heavy (non-hydrogen) atoms. The lowest BCUT2D eigenvalue weighted by Gasteiger charge is -2.18. The zero-order valence-electron chi connectivity index (χ0n) is 17.0. The van der Waals surface area contributed by atoms with Gasteiger partial charge in [-0.05, 0) is 42.8 Å². The number of rotatable bonds is 7. The van der Waals surface area contributed by atoms with Gasteiger partial charge in [0.2, 0.25) is 10.0 Å². The van der Waals surface area contributed by atoms with Crippen molar-refractivity contribution in [2.24, 2.45) is 0 Å². The van der Waals surface area contributed by atoms with Gasteiger partial charge in [-0.2, -0.15) is 4.31 Å². The van der Waals surface area contributed by atoms with Gasteiger partial charge in [0, 0.05) is 24.8 Å². The Kier molecular flexibility index (Phi) is 6.90. The molecule has 0 saturated carbocycles. The third kappa shape index (κ3) is 5.38. The number of carbonyl (C=O) groups excluding carboxylic acids is 2. The molecule has 0 spiro atoms. The Labute approximate surface area is 186 Å². The van der Waals surface area contributed by atoms with Crippen molar-refractivity contribution in [3.63, 3.8) is 0 Å². The Hall–Kier alpha value is -3.00. The van der Waals surface area contributed by atoms with Crippen molar-refractivity contribution in [3.05, 3.63) is 94.5 Å². The summed E-state index contributed by atoms with van der Waals surface area (Å²) in [5.41, 5.74) is 1.71. The number of sulfonamides is 1. The molecule has 3 aromatic rings. The molecule has 0 saturated heterocycles. The van der Waals surface area contributed by atoms with E-state index in [0.717, 1.165) is 5.56 Å². The number of halogens is 1. The minimum absolute atomic E-state index is 0.0177. The number of nitrogens with one attached hydrogen (secondary N) is 1. The number of Topliss-reactive ketones (excluding diaryl/α,β-unsaturated/α-hetero) is 1. The maximum atomic E-state index is 13.0. The van der Waals surface area contributed by atoms with Gasteiger partial charge < -0.3 is 5.32 Å². The molecule has 1 N–H and O–H groups in total. The van der Waals surface area contributed by atoms with Crippen LogP contribution in [0.3, 0.4) is 0 Å². The second kappa shape index (κ2) is 9.43. The predicted molar refractivity (Wildman–Crippen MR) is 121 cm³/mol. The molecule has 0 aliphatic heterocycles. The minimum atomic E-state index is -3.85. The normalized spacial score (nSPS) is 11.4. The molecule has 0 unspecified atom stereocenters. The number of hydrogen-bond acceptors (Lipinski definition) is 4. The van der Waals surface area contributed by atoms with Crippen molar-refractivity contribution in [2.45, 2.75) is 18.4 Å². The SMILES string of the molecule is CC(=O)c1cccc(NC(=O)c2cc(S(=O)(=O)N(C)Cc3ccccc3)ccc2Cl)c1. The van der Waals surface area contributed by atoms with Crippen LogP contribution < -0.4 is 5.32 Å². The number of hydrogen-bond donors (Lipinski definition) is 1. The van der Waals surface area contributed by atoms with Crippen molar-refractivity contribution < 1.29 is 18.0 Å². The molecule has 8 heteroatoms. The van der Waals surface area contributed by atoms with Gasteiger partial charge in [0.25, 0.3) is 5.91 Å². The fourth-order valence-electron chi connectivity index (χ4n) is 2.96. The van der Waals surface area contributed by atoms with Crippen molar-refractivity contribution in [1.29, 1.82) is 0 Å². The van der Waals surface area contributed by atoms with Gasteiger partial charge in [-0.15, -0.1) is 0 Å². The predicted octanol–water partition coefficient (Wildman–Crippen LogP) is 4.62. The summed E-state index contributed by atoms with van der Waals surface area (Å²) in [4.78, 5) is 24.3. The largest absolute Gasteiger partial charge is 0.322 e. The van der Waals surface area contributed by atoms with E-state index < -0.39 is 15.9 Å². The van der Waals surface area contributed by atoms with Crippen LogP contribution in [-0.4, -0.2) is 31.5 Å². The zero-order valence-corrected chi connectivity index (χ0v) is 18.6. The van der Waals surface area contributed by atoms with Crippen molar-refractivity contribution in [2.75, 3.05) is 12.4 Å². The molecule has 0 fully saturated rings. The third-order valence-electron chi connectivity index (χ3n) is 4.67. The van der Waals surface area contributed by atoms with Gasteiger partial charge in [-0.1, -0.05) is 54.1 Å². The summed E-state index contributed by atoms with van der Waals surface area (Å²) in [5.74, 6) is -0.711. The standard InChI is InChI=1S/C23H21ClN2O4S/c1-16(27)18-9-6-10-19(13-18)25-23(28)21-14-20(11-12-22(21)24)31(29,30)26(2)15-17-7-4-3-5-8-17/h3-14H,15H2,1-2H3,(H,25,28). The molecular formula is C23H21ClN2O4S. The first-order valence-corrected chi connectivity index (χ1v) is 11.2. The fraction of sp³-hybridized carbons (Fsp3) is 0.130.